The molecule has 0 radical (unpaired) electrons. The molecule has 24 heavy (non-hydrogen) atoms. The number of nitrogens with one attached hydrogen (secondary N) is 2. The first-order valence-electron chi connectivity index (χ1n) is 7.80. The Kier molecular flexibility index (Phi) is 8.08. The van der Waals surface area contributed by atoms with Crippen molar-refractivity contribution >= 4 is 29.9 Å². The molecular formula is C17H28IN3O3. The molecular weight excluding hydrogens is 421 g/mol. The van der Waals surface area contributed by atoms with Gasteiger partial charge in [0, 0.05) is 27.2 Å². The van der Waals surface area contributed by atoms with Crippen LogP contribution in [-0.4, -0.2) is 39.6 Å². The van der Waals surface area contributed by atoms with Crippen molar-refractivity contribution in [2.45, 2.75) is 33.4 Å². The molecule has 0 saturated carbocycles. The molecule has 1 heterocycles. The highest BCUT2D eigenvalue weighted by Crippen LogP contribution is 2.32. The van der Waals surface area contributed by atoms with Crippen LogP contribution in [0.4, 0.5) is 0 Å². The fourth-order valence-corrected chi connectivity index (χ4v) is 2.39. The van der Waals surface area contributed by atoms with Gasteiger partial charge in [0.1, 0.15) is 0 Å². The van der Waals surface area contributed by atoms with Crippen molar-refractivity contribution in [3.8, 4) is 11.5 Å². The summed E-state index contributed by atoms with van der Waals surface area (Å²) >= 11 is 0. The number of rotatable bonds is 5. The molecule has 0 aliphatic carbocycles. The molecule has 2 rings (SSSR count). The maximum atomic E-state index is 5.55. The quantitative estimate of drug-likeness (QED) is 0.411. The van der Waals surface area contributed by atoms with E-state index < -0.39 is 0 Å². The van der Waals surface area contributed by atoms with E-state index in [4.69, 9.17) is 14.2 Å². The van der Waals surface area contributed by atoms with Crippen LogP contribution in [0, 0.1) is 5.41 Å². The van der Waals surface area contributed by atoms with Crippen molar-refractivity contribution in [1.29, 1.82) is 0 Å². The van der Waals surface area contributed by atoms with E-state index in [-0.39, 0.29) is 35.5 Å². The van der Waals surface area contributed by atoms with Crippen molar-refractivity contribution in [2.75, 3.05) is 27.5 Å². The molecule has 1 aliphatic heterocycles. The third-order valence-electron chi connectivity index (χ3n) is 3.83. The van der Waals surface area contributed by atoms with Crippen molar-refractivity contribution in [3.05, 3.63) is 23.8 Å². The highest BCUT2D eigenvalue weighted by atomic mass is 127. The number of benzene rings is 1. The maximum absolute atomic E-state index is 5.55. The molecule has 0 spiro atoms. The van der Waals surface area contributed by atoms with Crippen molar-refractivity contribution in [3.63, 3.8) is 0 Å². The Morgan fingerprint density at radius 1 is 1.25 bits per heavy atom. The van der Waals surface area contributed by atoms with E-state index in [1.54, 1.807) is 14.2 Å². The largest absolute Gasteiger partial charge is 0.454 e. The lowest BCUT2D eigenvalue weighted by Crippen LogP contribution is -2.45. The SMILES string of the molecule is CN=C(NCc1ccc2c(c1)OCO2)NCC(OC)C(C)(C)C.I. The number of guanidine groups is 1. The van der Waals surface area contributed by atoms with Crippen LogP contribution < -0.4 is 20.1 Å². The van der Waals surface area contributed by atoms with Crippen LogP contribution >= 0.6 is 24.0 Å². The molecule has 1 aliphatic rings. The van der Waals surface area contributed by atoms with E-state index in [1.807, 2.05) is 18.2 Å². The van der Waals surface area contributed by atoms with Crippen LogP contribution in [0.1, 0.15) is 26.3 Å². The molecule has 1 aromatic carbocycles. The Labute approximate surface area is 161 Å². The fourth-order valence-electron chi connectivity index (χ4n) is 2.39. The first-order chi connectivity index (χ1) is 10.9. The average Bonchev–Trinajstić information content (AvgIpc) is 2.97. The van der Waals surface area contributed by atoms with E-state index in [2.05, 4.69) is 36.4 Å². The van der Waals surface area contributed by atoms with Gasteiger partial charge >= 0.3 is 0 Å². The summed E-state index contributed by atoms with van der Waals surface area (Å²) in [6.07, 6.45) is 0.103. The highest BCUT2D eigenvalue weighted by Gasteiger charge is 2.24. The Bertz CT molecular complexity index is 559. The van der Waals surface area contributed by atoms with Gasteiger partial charge in [-0.05, 0) is 23.1 Å². The van der Waals surface area contributed by atoms with Crippen LogP contribution in [0.2, 0.25) is 0 Å². The third-order valence-corrected chi connectivity index (χ3v) is 3.83. The predicted octanol–water partition coefficient (Wildman–Crippen LogP) is 2.76. The number of nitrogens with zero attached hydrogens (tertiary/aromatic N) is 1. The zero-order valence-corrected chi connectivity index (χ0v) is 17.3. The van der Waals surface area contributed by atoms with Crippen LogP contribution in [0.5, 0.6) is 11.5 Å². The zero-order valence-electron chi connectivity index (χ0n) is 15.0. The van der Waals surface area contributed by atoms with Crippen LogP contribution in [0.15, 0.2) is 23.2 Å². The lowest BCUT2D eigenvalue weighted by molar-refractivity contribution is 0.0205. The summed E-state index contributed by atoms with van der Waals surface area (Å²) in [5.74, 6) is 2.33. The first kappa shape index (κ1) is 20.8. The number of halogens is 1. The second-order valence-electron chi connectivity index (χ2n) is 6.58. The summed E-state index contributed by atoms with van der Waals surface area (Å²) in [6, 6.07) is 5.92. The predicted molar refractivity (Wildman–Crippen MR) is 106 cm³/mol. The zero-order chi connectivity index (χ0) is 16.9. The number of ether oxygens (including phenoxy) is 3. The van der Waals surface area contributed by atoms with E-state index in [0.717, 1.165) is 23.0 Å². The second kappa shape index (κ2) is 9.31. The van der Waals surface area contributed by atoms with Gasteiger partial charge in [-0.2, -0.15) is 0 Å². The summed E-state index contributed by atoms with van der Waals surface area (Å²) < 4.78 is 16.3. The summed E-state index contributed by atoms with van der Waals surface area (Å²) in [5, 5.41) is 6.60. The summed E-state index contributed by atoms with van der Waals surface area (Å²) in [4.78, 5) is 4.25. The molecule has 0 bridgehead atoms. The van der Waals surface area contributed by atoms with Gasteiger partial charge < -0.3 is 24.8 Å². The monoisotopic (exact) mass is 449 g/mol. The Morgan fingerprint density at radius 2 is 1.96 bits per heavy atom. The minimum Gasteiger partial charge on any atom is -0.454 e. The second-order valence-corrected chi connectivity index (χ2v) is 6.58. The van der Waals surface area contributed by atoms with Gasteiger partial charge in [-0.3, -0.25) is 4.99 Å². The fraction of sp³-hybridized carbons (Fsp3) is 0.588. The van der Waals surface area contributed by atoms with Gasteiger partial charge in [0.2, 0.25) is 6.79 Å². The molecule has 0 saturated heterocycles. The standard InChI is InChI=1S/C17H27N3O3.HI/c1-17(2,3)15(21-5)10-20-16(18-4)19-9-12-6-7-13-14(8-12)23-11-22-13;/h6-8,15H,9-11H2,1-5H3,(H2,18,19,20);1H. The highest BCUT2D eigenvalue weighted by molar-refractivity contribution is 14.0. The van der Waals surface area contributed by atoms with Crippen molar-refractivity contribution in [2.24, 2.45) is 10.4 Å². The van der Waals surface area contributed by atoms with E-state index in [1.165, 1.54) is 0 Å². The van der Waals surface area contributed by atoms with Gasteiger partial charge in [-0.1, -0.05) is 26.8 Å². The van der Waals surface area contributed by atoms with Gasteiger partial charge in [0.25, 0.3) is 0 Å². The smallest absolute Gasteiger partial charge is 0.231 e. The van der Waals surface area contributed by atoms with E-state index in [0.29, 0.717) is 19.9 Å². The third kappa shape index (κ3) is 5.70. The molecule has 6 nitrogen and oxygen atoms in total. The van der Waals surface area contributed by atoms with Crippen molar-refractivity contribution < 1.29 is 14.2 Å². The molecule has 136 valence electrons. The Morgan fingerprint density at radius 3 is 2.58 bits per heavy atom. The Hall–Kier alpha value is -1.22. The number of hydrogen-bond acceptors (Lipinski definition) is 4. The molecule has 0 aromatic heterocycles. The van der Waals surface area contributed by atoms with Gasteiger partial charge in [-0.25, -0.2) is 0 Å². The first-order valence-corrected chi connectivity index (χ1v) is 7.80. The average molecular weight is 449 g/mol. The summed E-state index contributed by atoms with van der Waals surface area (Å²) in [6.45, 7) is 8.12. The minimum atomic E-state index is 0. The molecule has 7 heteroatoms. The van der Waals surface area contributed by atoms with E-state index in [9.17, 15) is 0 Å². The topological polar surface area (TPSA) is 64.1 Å². The molecule has 1 atom stereocenters. The molecule has 1 unspecified atom stereocenters. The molecule has 1 aromatic rings. The van der Waals surface area contributed by atoms with Crippen LogP contribution in [-0.2, 0) is 11.3 Å². The Balaban J connectivity index is 0.00000288. The number of fused-ring (bicyclic) bond motifs is 1. The summed E-state index contributed by atoms with van der Waals surface area (Å²) in [7, 11) is 3.49. The lowest BCUT2D eigenvalue weighted by Gasteiger charge is -2.30. The lowest BCUT2D eigenvalue weighted by atomic mass is 9.89. The molecule has 2 N–H and O–H groups in total. The van der Waals surface area contributed by atoms with Gasteiger partial charge in [0.15, 0.2) is 17.5 Å². The van der Waals surface area contributed by atoms with Crippen LogP contribution in [0.3, 0.4) is 0 Å². The minimum absolute atomic E-state index is 0. The van der Waals surface area contributed by atoms with Crippen LogP contribution in [0.25, 0.3) is 0 Å². The normalized spacial score (nSPS) is 14.8. The van der Waals surface area contributed by atoms with Gasteiger partial charge in [-0.15, -0.1) is 24.0 Å². The molecule has 0 amide bonds. The number of hydrogen-bond donors (Lipinski definition) is 2. The van der Waals surface area contributed by atoms with Crippen molar-refractivity contribution in [1.82, 2.24) is 10.6 Å². The molecule has 0 fully saturated rings. The number of aliphatic imine (C=N–C) groups is 1. The summed E-state index contributed by atoms with van der Waals surface area (Å²) in [5.41, 5.74) is 1.18. The number of methoxy groups -OCH3 is 1. The van der Waals surface area contributed by atoms with E-state index >= 15 is 0 Å². The van der Waals surface area contributed by atoms with Gasteiger partial charge in [0.05, 0.1) is 6.10 Å². The maximum Gasteiger partial charge on any atom is 0.231 e.